The Morgan fingerprint density at radius 2 is 0.948 bits per heavy atom. The quantitative estimate of drug-likeness (QED) is 0.176. The highest BCUT2D eigenvalue weighted by molar-refractivity contribution is 6.12. The smallest absolute Gasteiger partial charge is 0.138 e. The summed E-state index contributed by atoms with van der Waals surface area (Å²) in [7, 11) is 0. The fourth-order valence-electron chi connectivity index (χ4n) is 9.76. The van der Waals surface area contributed by atoms with Crippen molar-refractivity contribution in [3.63, 3.8) is 0 Å². The Labute approximate surface area is 338 Å². The van der Waals surface area contributed by atoms with E-state index in [9.17, 15) is 5.26 Å². The van der Waals surface area contributed by atoms with Crippen LogP contribution in [0.2, 0.25) is 0 Å². The first-order valence-corrected chi connectivity index (χ1v) is 19.9. The van der Waals surface area contributed by atoms with Crippen molar-refractivity contribution in [2.75, 3.05) is 0 Å². The Morgan fingerprint density at radius 3 is 1.50 bits per heavy atom. The van der Waals surface area contributed by atoms with Gasteiger partial charge in [-0.1, -0.05) is 96.1 Å². The number of hydrogen-bond acceptors (Lipinski definition) is 2. The van der Waals surface area contributed by atoms with E-state index in [4.69, 9.17) is 4.98 Å². The highest BCUT2D eigenvalue weighted by Gasteiger charge is 2.21. The fourth-order valence-corrected chi connectivity index (χ4v) is 9.76. The van der Waals surface area contributed by atoms with Crippen LogP contribution in [0.3, 0.4) is 0 Å². The number of nitrogens with zero attached hydrogens (tertiary/aromatic N) is 4. The van der Waals surface area contributed by atoms with Gasteiger partial charge in [0, 0.05) is 27.1 Å². The average Bonchev–Trinajstić information content (AvgIpc) is 3.72. The summed E-state index contributed by atoms with van der Waals surface area (Å²) in [6.07, 6.45) is 2.02. The maximum absolute atomic E-state index is 10.0. The Kier molecular flexibility index (Phi) is 8.18. The van der Waals surface area contributed by atoms with Crippen molar-refractivity contribution in [1.82, 2.24) is 14.1 Å². The second-order valence-corrected chi connectivity index (χ2v) is 16.0. The summed E-state index contributed by atoms with van der Waals surface area (Å²) in [5, 5.41) is 14.8. The zero-order chi connectivity index (χ0) is 39.8. The van der Waals surface area contributed by atoms with Gasteiger partial charge in [0.25, 0.3) is 0 Å². The number of para-hydroxylation sites is 2. The first kappa shape index (κ1) is 35.2. The molecule has 7 aromatic carbocycles. The first-order chi connectivity index (χ1) is 28.2. The Hall–Kier alpha value is -7.22. The summed E-state index contributed by atoms with van der Waals surface area (Å²) >= 11 is 0. The molecule has 0 N–H and O–H groups in total. The summed E-state index contributed by atoms with van der Waals surface area (Å²) in [4.78, 5) is 5.31. The van der Waals surface area contributed by atoms with Crippen LogP contribution in [0.1, 0.15) is 38.9 Å². The van der Waals surface area contributed by atoms with Crippen molar-refractivity contribution in [1.29, 1.82) is 5.26 Å². The predicted octanol–water partition coefficient (Wildman–Crippen LogP) is 14.0. The number of fused-ring (bicyclic) bond motifs is 6. The minimum absolute atomic E-state index is 0.614. The number of rotatable bonds is 5. The van der Waals surface area contributed by atoms with Crippen molar-refractivity contribution < 1.29 is 0 Å². The molecule has 3 heterocycles. The summed E-state index contributed by atoms with van der Waals surface area (Å²) in [5.74, 6) is 0.816. The normalized spacial score (nSPS) is 11.6. The van der Waals surface area contributed by atoms with Gasteiger partial charge in [0.1, 0.15) is 5.82 Å². The highest BCUT2D eigenvalue weighted by Crippen LogP contribution is 2.41. The molecule has 58 heavy (non-hydrogen) atoms. The zero-order valence-corrected chi connectivity index (χ0v) is 33.6. The van der Waals surface area contributed by atoms with Gasteiger partial charge >= 0.3 is 0 Å². The van der Waals surface area contributed by atoms with Crippen LogP contribution in [-0.2, 0) is 0 Å². The van der Waals surface area contributed by atoms with Gasteiger partial charge in [-0.2, -0.15) is 5.26 Å². The van der Waals surface area contributed by atoms with E-state index in [1.807, 2.05) is 24.4 Å². The number of pyridine rings is 1. The molecule has 0 unspecified atom stereocenters. The van der Waals surface area contributed by atoms with Gasteiger partial charge in [-0.3, -0.25) is 4.57 Å². The van der Waals surface area contributed by atoms with Crippen molar-refractivity contribution >= 4 is 43.6 Å². The molecule has 0 aliphatic heterocycles. The molecule has 0 radical (unpaired) electrons. The van der Waals surface area contributed by atoms with Crippen LogP contribution in [0, 0.1) is 52.9 Å². The third kappa shape index (κ3) is 5.54. The molecule has 0 spiro atoms. The molecular formula is C54H42N4. The molecule has 10 rings (SSSR count). The van der Waals surface area contributed by atoms with Gasteiger partial charge in [0.05, 0.1) is 45.6 Å². The molecule has 4 heteroatoms. The molecule has 0 amide bonds. The van der Waals surface area contributed by atoms with Crippen LogP contribution in [0.5, 0.6) is 0 Å². The molecule has 0 aliphatic rings. The third-order valence-corrected chi connectivity index (χ3v) is 11.9. The van der Waals surface area contributed by atoms with Crippen LogP contribution >= 0.6 is 0 Å². The van der Waals surface area contributed by atoms with Crippen molar-refractivity contribution in [2.24, 2.45) is 0 Å². The molecule has 4 nitrogen and oxygen atoms in total. The zero-order valence-electron chi connectivity index (χ0n) is 33.6. The lowest BCUT2D eigenvalue weighted by Crippen LogP contribution is -2.03. The van der Waals surface area contributed by atoms with Gasteiger partial charge in [-0.05, 0) is 146 Å². The van der Waals surface area contributed by atoms with Crippen molar-refractivity contribution in [3.8, 4) is 51.0 Å². The monoisotopic (exact) mass is 746 g/mol. The molecule has 0 atom stereocenters. The maximum atomic E-state index is 10.0. The number of nitriles is 1. The standard InChI is InChI=1S/C54H42N4/c1-32-22-34(3)53(35(4)23-32)40-18-20-49-45(27-40)42-14-7-9-16-47(42)57(49)51-31-56-52(29-44(51)39-13-11-12-38(26-39)30-55)58-48-17-10-8-15-43(48)46-28-41(19-21-50(46)58)54-36(5)24-33(2)25-37(54)6/h7-29,31H,1-6H3. The van der Waals surface area contributed by atoms with Crippen LogP contribution in [0.4, 0.5) is 0 Å². The van der Waals surface area contributed by atoms with Gasteiger partial charge in [0.15, 0.2) is 0 Å². The van der Waals surface area contributed by atoms with Crippen molar-refractivity contribution in [3.05, 3.63) is 185 Å². The fraction of sp³-hybridized carbons (Fsp3) is 0.111. The molecule has 3 aromatic heterocycles. The van der Waals surface area contributed by atoms with E-state index in [-0.39, 0.29) is 0 Å². The first-order valence-electron chi connectivity index (χ1n) is 19.9. The maximum Gasteiger partial charge on any atom is 0.138 e. The van der Waals surface area contributed by atoms with Gasteiger partial charge < -0.3 is 4.57 Å². The Morgan fingerprint density at radius 1 is 0.448 bits per heavy atom. The van der Waals surface area contributed by atoms with Crippen LogP contribution in [0.15, 0.2) is 146 Å². The molecule has 0 aliphatic carbocycles. The summed E-state index contributed by atoms with van der Waals surface area (Å²) in [5.41, 5.74) is 20.6. The van der Waals surface area contributed by atoms with E-state index in [2.05, 4.69) is 178 Å². The lowest BCUT2D eigenvalue weighted by Gasteiger charge is -2.17. The molecule has 10 aromatic rings. The number of aryl methyl sites for hydroxylation is 6. The van der Waals surface area contributed by atoms with E-state index in [1.165, 1.54) is 77.2 Å². The van der Waals surface area contributed by atoms with E-state index in [1.54, 1.807) is 0 Å². The SMILES string of the molecule is Cc1cc(C)c(-c2ccc3c(c2)c2ccccc2n3-c2cc(-c3cccc(C#N)c3)c(-n3c4ccccc4c4cc(-c5c(C)cc(C)cc5C)ccc43)cn2)c(C)c1. The summed E-state index contributed by atoms with van der Waals surface area (Å²) < 4.78 is 4.63. The third-order valence-electron chi connectivity index (χ3n) is 11.9. The largest absolute Gasteiger partial charge is 0.307 e. The Balaban J connectivity index is 1.22. The van der Waals surface area contributed by atoms with E-state index in [0.29, 0.717) is 5.56 Å². The summed E-state index contributed by atoms with van der Waals surface area (Å²) in [6, 6.07) is 52.6. The van der Waals surface area contributed by atoms with E-state index in [0.717, 1.165) is 44.7 Å². The predicted molar refractivity (Wildman–Crippen MR) is 242 cm³/mol. The number of hydrogen-bond donors (Lipinski definition) is 0. The van der Waals surface area contributed by atoms with Gasteiger partial charge in [0.2, 0.25) is 0 Å². The molecule has 278 valence electrons. The Bertz CT molecular complexity index is 3320. The highest BCUT2D eigenvalue weighted by atomic mass is 15.1. The minimum Gasteiger partial charge on any atom is -0.307 e. The lowest BCUT2D eigenvalue weighted by atomic mass is 9.93. The van der Waals surface area contributed by atoms with Crippen LogP contribution in [0.25, 0.3) is 88.5 Å². The molecule has 0 saturated heterocycles. The van der Waals surface area contributed by atoms with Crippen molar-refractivity contribution in [2.45, 2.75) is 41.5 Å². The second-order valence-electron chi connectivity index (χ2n) is 16.0. The molecule has 0 saturated carbocycles. The molecule has 0 bridgehead atoms. The second kappa shape index (κ2) is 13.5. The average molecular weight is 747 g/mol. The topological polar surface area (TPSA) is 46.5 Å². The number of benzene rings is 7. The number of aromatic nitrogens is 3. The van der Waals surface area contributed by atoms with E-state index >= 15 is 0 Å². The van der Waals surface area contributed by atoms with Crippen LogP contribution < -0.4 is 0 Å². The van der Waals surface area contributed by atoms with Gasteiger partial charge in [-0.15, -0.1) is 0 Å². The van der Waals surface area contributed by atoms with Gasteiger partial charge in [-0.25, -0.2) is 4.98 Å². The molecule has 0 fully saturated rings. The summed E-state index contributed by atoms with van der Waals surface area (Å²) in [6.45, 7) is 13.2. The van der Waals surface area contributed by atoms with E-state index < -0.39 is 0 Å². The van der Waals surface area contributed by atoms with Crippen LogP contribution in [-0.4, -0.2) is 14.1 Å². The lowest BCUT2D eigenvalue weighted by molar-refractivity contribution is 1.06. The minimum atomic E-state index is 0.614. The molecular weight excluding hydrogens is 705 g/mol.